The highest BCUT2D eigenvalue weighted by Gasteiger charge is 2.47. The van der Waals surface area contributed by atoms with Crippen LogP contribution in [0.1, 0.15) is 30.5 Å². The monoisotopic (exact) mass is 266 g/mol. The number of aryl methyl sites for hydroxylation is 1. The predicted octanol–water partition coefficient (Wildman–Crippen LogP) is 2.84. The van der Waals surface area contributed by atoms with Crippen LogP contribution in [0.2, 0.25) is 5.02 Å². The average molecular weight is 267 g/mol. The van der Waals surface area contributed by atoms with Crippen molar-refractivity contribution in [1.82, 2.24) is 10.2 Å². The lowest BCUT2D eigenvalue weighted by Gasteiger charge is -2.49. The minimum absolute atomic E-state index is 0.0279. The van der Waals surface area contributed by atoms with Crippen molar-refractivity contribution in [3.05, 3.63) is 28.3 Å². The molecule has 2 atom stereocenters. The SMILES string of the molecule is Cc1cc(Cl)cc2c1OC1(C)CC2NC(=O)N1C. The number of carbonyl (C=O) groups excluding carboxylic acids is 1. The minimum atomic E-state index is -0.585. The van der Waals surface area contributed by atoms with Crippen LogP contribution in [-0.2, 0) is 0 Å². The molecule has 1 fully saturated rings. The van der Waals surface area contributed by atoms with Crippen LogP contribution in [0.4, 0.5) is 4.79 Å². The van der Waals surface area contributed by atoms with Gasteiger partial charge in [-0.3, -0.25) is 4.90 Å². The average Bonchev–Trinajstić information content (AvgIpc) is 2.28. The maximum atomic E-state index is 11.9. The van der Waals surface area contributed by atoms with Crippen molar-refractivity contribution in [2.45, 2.75) is 32.0 Å². The van der Waals surface area contributed by atoms with E-state index >= 15 is 0 Å². The van der Waals surface area contributed by atoms with Gasteiger partial charge >= 0.3 is 6.03 Å². The van der Waals surface area contributed by atoms with Crippen LogP contribution in [0, 0.1) is 6.92 Å². The molecular formula is C13H15ClN2O2. The molecule has 2 unspecified atom stereocenters. The van der Waals surface area contributed by atoms with Crippen LogP contribution >= 0.6 is 11.6 Å². The molecule has 2 heterocycles. The lowest BCUT2D eigenvalue weighted by Crippen LogP contribution is -2.63. The van der Waals surface area contributed by atoms with Crippen LogP contribution in [0.25, 0.3) is 0 Å². The number of nitrogens with zero attached hydrogens (tertiary/aromatic N) is 1. The molecule has 0 saturated carbocycles. The molecule has 5 heteroatoms. The summed E-state index contributed by atoms with van der Waals surface area (Å²) in [7, 11) is 1.75. The highest BCUT2D eigenvalue weighted by molar-refractivity contribution is 6.30. The molecule has 1 N–H and O–H groups in total. The zero-order chi connectivity index (χ0) is 13.1. The number of rotatable bonds is 0. The molecule has 3 rings (SSSR count). The first kappa shape index (κ1) is 11.7. The number of fused-ring (bicyclic) bond motifs is 4. The van der Waals surface area contributed by atoms with Gasteiger partial charge in [0.05, 0.1) is 6.04 Å². The summed E-state index contributed by atoms with van der Waals surface area (Å²) in [5.41, 5.74) is 1.38. The zero-order valence-corrected chi connectivity index (χ0v) is 11.3. The Balaban J connectivity index is 2.17. The molecule has 0 spiro atoms. The zero-order valence-electron chi connectivity index (χ0n) is 10.6. The summed E-state index contributed by atoms with van der Waals surface area (Å²) in [5, 5.41) is 3.65. The molecule has 1 aromatic carbocycles. The van der Waals surface area contributed by atoms with Gasteiger partial charge in [-0.1, -0.05) is 11.6 Å². The smallest absolute Gasteiger partial charge is 0.320 e. The van der Waals surface area contributed by atoms with Gasteiger partial charge in [-0.2, -0.15) is 0 Å². The number of hydrogen-bond donors (Lipinski definition) is 1. The first-order valence-corrected chi connectivity index (χ1v) is 6.32. The van der Waals surface area contributed by atoms with E-state index in [9.17, 15) is 4.79 Å². The lowest BCUT2D eigenvalue weighted by atomic mass is 9.89. The van der Waals surface area contributed by atoms with Crippen molar-refractivity contribution >= 4 is 17.6 Å². The van der Waals surface area contributed by atoms with Crippen molar-refractivity contribution in [2.24, 2.45) is 0 Å². The number of hydrogen-bond acceptors (Lipinski definition) is 2. The summed E-state index contributed by atoms with van der Waals surface area (Å²) in [6.07, 6.45) is 0.724. The molecule has 4 nitrogen and oxygen atoms in total. The van der Waals surface area contributed by atoms with Gasteiger partial charge in [-0.05, 0) is 31.5 Å². The maximum Gasteiger partial charge on any atom is 0.320 e. The molecule has 18 heavy (non-hydrogen) atoms. The van der Waals surface area contributed by atoms with E-state index in [1.807, 2.05) is 26.0 Å². The molecule has 2 aliphatic heterocycles. The van der Waals surface area contributed by atoms with Crippen LogP contribution < -0.4 is 10.1 Å². The Bertz CT molecular complexity index is 546. The normalized spacial score (nSPS) is 29.4. The van der Waals surface area contributed by atoms with Gasteiger partial charge in [0.15, 0.2) is 5.72 Å². The Labute approximate surface area is 111 Å². The fraction of sp³-hybridized carbons (Fsp3) is 0.462. The summed E-state index contributed by atoms with van der Waals surface area (Å²) in [5.74, 6) is 0.838. The van der Waals surface area contributed by atoms with Crippen molar-refractivity contribution in [3.63, 3.8) is 0 Å². The third-order valence-corrected chi connectivity index (χ3v) is 4.08. The van der Waals surface area contributed by atoms with Gasteiger partial charge in [0, 0.05) is 24.1 Å². The number of amides is 2. The first-order valence-electron chi connectivity index (χ1n) is 5.94. The van der Waals surface area contributed by atoms with Crippen molar-refractivity contribution in [3.8, 4) is 5.75 Å². The first-order chi connectivity index (χ1) is 8.40. The molecule has 2 aliphatic rings. The number of urea groups is 1. The number of halogens is 1. The Morgan fingerprint density at radius 1 is 1.56 bits per heavy atom. The number of nitrogens with one attached hydrogen (secondary N) is 1. The number of ether oxygens (including phenoxy) is 1. The number of benzene rings is 1. The predicted molar refractivity (Wildman–Crippen MR) is 68.9 cm³/mol. The lowest BCUT2D eigenvalue weighted by molar-refractivity contribution is -0.0723. The molecular weight excluding hydrogens is 252 g/mol. The van der Waals surface area contributed by atoms with Crippen molar-refractivity contribution < 1.29 is 9.53 Å². The standard InChI is InChI=1S/C13H15ClN2O2/c1-7-4-8(14)5-9-10-6-13(2,18-11(7)9)16(3)12(17)15-10/h4-5,10H,6H2,1-3H3,(H,15,17). The van der Waals surface area contributed by atoms with E-state index < -0.39 is 5.72 Å². The molecule has 96 valence electrons. The molecule has 1 saturated heterocycles. The molecule has 0 aromatic heterocycles. The van der Waals surface area contributed by atoms with E-state index in [2.05, 4.69) is 5.32 Å². The van der Waals surface area contributed by atoms with Crippen molar-refractivity contribution in [2.75, 3.05) is 7.05 Å². The second-order valence-corrected chi connectivity index (χ2v) is 5.62. The molecule has 0 aliphatic carbocycles. The van der Waals surface area contributed by atoms with E-state index in [4.69, 9.17) is 16.3 Å². The van der Waals surface area contributed by atoms with E-state index in [1.165, 1.54) is 0 Å². The van der Waals surface area contributed by atoms with Crippen LogP contribution in [0.15, 0.2) is 12.1 Å². The van der Waals surface area contributed by atoms with E-state index in [0.717, 1.165) is 23.3 Å². The maximum absolute atomic E-state index is 11.9. The fourth-order valence-electron chi connectivity index (χ4n) is 2.70. The molecule has 0 radical (unpaired) electrons. The Kier molecular flexibility index (Phi) is 2.29. The third-order valence-electron chi connectivity index (χ3n) is 3.86. The molecule has 2 amide bonds. The van der Waals surface area contributed by atoms with E-state index in [0.29, 0.717) is 5.02 Å². The van der Waals surface area contributed by atoms with Gasteiger partial charge in [-0.25, -0.2) is 4.79 Å². The third kappa shape index (κ3) is 1.48. The molecule has 2 bridgehead atoms. The van der Waals surface area contributed by atoms with Gasteiger partial charge in [0.1, 0.15) is 5.75 Å². The van der Waals surface area contributed by atoms with E-state index in [-0.39, 0.29) is 12.1 Å². The summed E-state index contributed by atoms with van der Waals surface area (Å²) in [4.78, 5) is 13.5. The molecule has 1 aromatic rings. The Morgan fingerprint density at radius 2 is 2.28 bits per heavy atom. The van der Waals surface area contributed by atoms with Gasteiger partial charge < -0.3 is 10.1 Å². The quantitative estimate of drug-likeness (QED) is 0.785. The summed E-state index contributed by atoms with van der Waals surface area (Å²) in [6, 6.07) is 3.61. The second kappa shape index (κ2) is 3.54. The summed E-state index contributed by atoms with van der Waals surface area (Å²) < 4.78 is 6.07. The van der Waals surface area contributed by atoms with Crippen LogP contribution in [-0.4, -0.2) is 23.7 Å². The summed E-state index contributed by atoms with van der Waals surface area (Å²) >= 11 is 6.08. The van der Waals surface area contributed by atoms with Gasteiger partial charge in [0.2, 0.25) is 0 Å². The van der Waals surface area contributed by atoms with Gasteiger partial charge in [-0.15, -0.1) is 0 Å². The fourth-order valence-corrected chi connectivity index (χ4v) is 2.98. The van der Waals surface area contributed by atoms with Crippen molar-refractivity contribution in [1.29, 1.82) is 0 Å². The minimum Gasteiger partial charge on any atom is -0.467 e. The second-order valence-electron chi connectivity index (χ2n) is 5.18. The van der Waals surface area contributed by atoms with E-state index in [1.54, 1.807) is 11.9 Å². The topological polar surface area (TPSA) is 41.6 Å². The summed E-state index contributed by atoms with van der Waals surface area (Å²) in [6.45, 7) is 3.91. The van der Waals surface area contributed by atoms with Gasteiger partial charge in [0.25, 0.3) is 0 Å². The number of carbonyl (C=O) groups is 1. The van der Waals surface area contributed by atoms with Crippen LogP contribution in [0.3, 0.4) is 0 Å². The van der Waals surface area contributed by atoms with Crippen LogP contribution in [0.5, 0.6) is 5.75 Å². The highest BCUT2D eigenvalue weighted by atomic mass is 35.5. The highest BCUT2D eigenvalue weighted by Crippen LogP contribution is 2.45. The Hall–Kier alpha value is -1.42. The Morgan fingerprint density at radius 3 is 3.00 bits per heavy atom. The largest absolute Gasteiger partial charge is 0.467 e.